The average molecular weight is 368 g/mol. The first-order chi connectivity index (χ1) is 13.1. The van der Waals surface area contributed by atoms with Crippen molar-refractivity contribution in [3.8, 4) is 0 Å². The molecule has 2 aromatic rings. The molecule has 0 spiro atoms. The van der Waals surface area contributed by atoms with Crippen molar-refractivity contribution in [3.05, 3.63) is 24.3 Å². The van der Waals surface area contributed by atoms with Gasteiger partial charge < -0.3 is 19.1 Å². The number of para-hydroxylation sites is 2. The molecule has 0 unspecified atom stereocenters. The molecular formula is C21H28N4O2. The summed E-state index contributed by atoms with van der Waals surface area (Å²) in [5.41, 5.74) is 1.77. The Kier molecular flexibility index (Phi) is 4.11. The van der Waals surface area contributed by atoms with Crippen LogP contribution in [-0.4, -0.2) is 66.5 Å². The van der Waals surface area contributed by atoms with Gasteiger partial charge in [-0.25, -0.2) is 0 Å². The van der Waals surface area contributed by atoms with Crippen molar-refractivity contribution < 1.29 is 9.21 Å². The molecular weight excluding hydrogens is 340 g/mol. The highest BCUT2D eigenvalue weighted by molar-refractivity contribution is 5.78. The van der Waals surface area contributed by atoms with Gasteiger partial charge in [-0.2, -0.15) is 4.98 Å². The van der Waals surface area contributed by atoms with E-state index in [9.17, 15) is 4.79 Å². The Balaban J connectivity index is 1.47. The van der Waals surface area contributed by atoms with E-state index < -0.39 is 0 Å². The summed E-state index contributed by atoms with van der Waals surface area (Å²) in [5.74, 6) is 1.35. The van der Waals surface area contributed by atoms with Crippen LogP contribution in [0.3, 0.4) is 0 Å². The minimum Gasteiger partial charge on any atom is -0.423 e. The van der Waals surface area contributed by atoms with Gasteiger partial charge in [-0.1, -0.05) is 12.1 Å². The van der Waals surface area contributed by atoms with E-state index in [4.69, 9.17) is 9.40 Å². The van der Waals surface area contributed by atoms with Crippen molar-refractivity contribution in [1.29, 1.82) is 0 Å². The van der Waals surface area contributed by atoms with Crippen LogP contribution in [0.25, 0.3) is 11.1 Å². The van der Waals surface area contributed by atoms with Gasteiger partial charge in [0.1, 0.15) is 5.52 Å². The zero-order valence-corrected chi connectivity index (χ0v) is 16.2. The van der Waals surface area contributed by atoms with Crippen LogP contribution in [0.2, 0.25) is 0 Å². The molecule has 4 atom stereocenters. The molecule has 1 aromatic carbocycles. The first-order valence-corrected chi connectivity index (χ1v) is 10.2. The SMILES string of the molecule is CN(C)C[C@H]1[C@H]2C[C@H](CN(c3nc4ccccc4o3)C2)[C@@H]2CCCC(=O)N21. The largest absolute Gasteiger partial charge is 0.423 e. The van der Waals surface area contributed by atoms with Crippen molar-refractivity contribution in [2.45, 2.75) is 37.8 Å². The minimum absolute atomic E-state index is 0.293. The highest BCUT2D eigenvalue weighted by atomic mass is 16.4. The van der Waals surface area contributed by atoms with Gasteiger partial charge in [0.25, 0.3) is 6.01 Å². The molecule has 1 aromatic heterocycles. The molecule has 3 aliphatic heterocycles. The van der Waals surface area contributed by atoms with Gasteiger partial charge in [-0.15, -0.1) is 0 Å². The lowest BCUT2D eigenvalue weighted by atomic mass is 9.72. The summed E-state index contributed by atoms with van der Waals surface area (Å²) < 4.78 is 6.07. The summed E-state index contributed by atoms with van der Waals surface area (Å²) in [6.07, 6.45) is 4.09. The molecule has 5 rings (SSSR count). The number of benzene rings is 1. The van der Waals surface area contributed by atoms with E-state index in [1.807, 2.05) is 24.3 Å². The average Bonchev–Trinajstić information content (AvgIpc) is 3.09. The van der Waals surface area contributed by atoms with Crippen molar-refractivity contribution >= 4 is 23.0 Å². The molecule has 144 valence electrons. The second kappa shape index (κ2) is 6.51. The smallest absolute Gasteiger partial charge is 0.298 e. The monoisotopic (exact) mass is 368 g/mol. The first kappa shape index (κ1) is 17.0. The molecule has 3 aliphatic rings. The molecule has 0 aliphatic carbocycles. The molecule has 0 saturated carbocycles. The van der Waals surface area contributed by atoms with E-state index in [1.54, 1.807) is 0 Å². The zero-order chi connectivity index (χ0) is 18.5. The number of hydrogen-bond donors (Lipinski definition) is 0. The van der Waals surface area contributed by atoms with E-state index in [0.29, 0.717) is 36.2 Å². The van der Waals surface area contributed by atoms with Gasteiger partial charge in [-0.05, 0) is 57.3 Å². The van der Waals surface area contributed by atoms with E-state index in [0.717, 1.165) is 49.6 Å². The summed E-state index contributed by atoms with van der Waals surface area (Å²) >= 11 is 0. The van der Waals surface area contributed by atoms with E-state index in [2.05, 4.69) is 28.8 Å². The molecule has 4 heterocycles. The molecule has 6 nitrogen and oxygen atoms in total. The summed E-state index contributed by atoms with van der Waals surface area (Å²) in [5, 5.41) is 0. The molecule has 6 heteroatoms. The van der Waals surface area contributed by atoms with Crippen LogP contribution in [0.15, 0.2) is 28.7 Å². The topological polar surface area (TPSA) is 52.8 Å². The Morgan fingerprint density at radius 3 is 2.85 bits per heavy atom. The van der Waals surface area contributed by atoms with Crippen LogP contribution in [0.5, 0.6) is 0 Å². The van der Waals surface area contributed by atoms with Gasteiger partial charge in [0, 0.05) is 38.1 Å². The van der Waals surface area contributed by atoms with Gasteiger partial charge in [-0.3, -0.25) is 4.79 Å². The second-order valence-electron chi connectivity index (χ2n) is 8.72. The van der Waals surface area contributed by atoms with Crippen molar-refractivity contribution in [3.63, 3.8) is 0 Å². The minimum atomic E-state index is 0.293. The number of hydrogen-bond acceptors (Lipinski definition) is 5. The number of carbonyl (C=O) groups excluding carboxylic acids is 1. The third kappa shape index (κ3) is 2.90. The molecule has 0 N–H and O–H groups in total. The number of rotatable bonds is 3. The number of aromatic nitrogens is 1. The predicted octanol–water partition coefficient (Wildman–Crippen LogP) is 2.60. The molecule has 27 heavy (non-hydrogen) atoms. The van der Waals surface area contributed by atoms with Crippen LogP contribution >= 0.6 is 0 Å². The number of fused-ring (bicyclic) bond motifs is 5. The van der Waals surface area contributed by atoms with Crippen LogP contribution in [0.4, 0.5) is 6.01 Å². The van der Waals surface area contributed by atoms with Crippen molar-refractivity contribution in [2.75, 3.05) is 38.6 Å². The van der Waals surface area contributed by atoms with Crippen molar-refractivity contribution in [1.82, 2.24) is 14.8 Å². The van der Waals surface area contributed by atoms with Crippen LogP contribution in [0, 0.1) is 11.8 Å². The Morgan fingerprint density at radius 2 is 2.04 bits per heavy atom. The summed E-state index contributed by atoms with van der Waals surface area (Å²) in [6, 6.07) is 9.38. The van der Waals surface area contributed by atoms with Crippen LogP contribution in [-0.2, 0) is 4.79 Å². The van der Waals surface area contributed by atoms with Gasteiger partial charge in [0.15, 0.2) is 5.58 Å². The standard InChI is InChI=1S/C21H28N4O2/c1-23(2)13-18-15-10-14(17-7-5-9-20(26)25(17)18)11-24(12-15)21-22-16-6-3-4-8-19(16)27-21/h3-4,6,8,14-15,17-18H,5,7,9-13H2,1-2H3/t14-,15+,17+,18+/m1/s1. The molecule has 2 bridgehead atoms. The fourth-order valence-corrected chi connectivity index (χ4v) is 5.54. The number of piperidine rings is 3. The Morgan fingerprint density at radius 1 is 1.22 bits per heavy atom. The van der Waals surface area contributed by atoms with Crippen molar-refractivity contribution in [2.24, 2.45) is 11.8 Å². The Labute approximate surface area is 160 Å². The molecule has 1 amide bonds. The zero-order valence-electron chi connectivity index (χ0n) is 16.2. The lowest BCUT2D eigenvalue weighted by Crippen LogP contribution is -2.67. The lowest BCUT2D eigenvalue weighted by molar-refractivity contribution is -0.149. The number of carbonyl (C=O) groups is 1. The van der Waals surface area contributed by atoms with E-state index in [1.165, 1.54) is 6.42 Å². The first-order valence-electron chi connectivity index (χ1n) is 10.2. The second-order valence-corrected chi connectivity index (χ2v) is 8.72. The van der Waals surface area contributed by atoms with E-state index in [-0.39, 0.29) is 0 Å². The number of likely N-dealkylation sites (N-methyl/N-ethyl adjacent to an activating group) is 1. The third-order valence-corrected chi connectivity index (χ3v) is 6.60. The predicted molar refractivity (Wildman–Crippen MR) is 105 cm³/mol. The fourth-order valence-electron chi connectivity index (χ4n) is 5.54. The number of nitrogens with zero attached hydrogens (tertiary/aromatic N) is 4. The lowest BCUT2D eigenvalue weighted by Gasteiger charge is -2.56. The fraction of sp³-hybridized carbons (Fsp3) is 0.619. The van der Waals surface area contributed by atoms with Gasteiger partial charge in [0.05, 0.1) is 0 Å². The highest BCUT2D eigenvalue weighted by Gasteiger charge is 2.49. The van der Waals surface area contributed by atoms with Gasteiger partial charge >= 0.3 is 0 Å². The number of amides is 1. The maximum Gasteiger partial charge on any atom is 0.298 e. The normalized spacial score (nSPS) is 30.9. The summed E-state index contributed by atoms with van der Waals surface area (Å²) in [7, 11) is 4.22. The van der Waals surface area contributed by atoms with E-state index >= 15 is 0 Å². The molecule has 3 fully saturated rings. The van der Waals surface area contributed by atoms with Crippen LogP contribution in [0.1, 0.15) is 25.7 Å². The summed E-state index contributed by atoms with van der Waals surface area (Å²) in [6.45, 7) is 2.78. The van der Waals surface area contributed by atoms with Gasteiger partial charge in [0.2, 0.25) is 5.91 Å². The number of anilines is 1. The highest BCUT2D eigenvalue weighted by Crippen LogP contribution is 2.42. The maximum atomic E-state index is 12.8. The third-order valence-electron chi connectivity index (χ3n) is 6.60. The molecule has 3 saturated heterocycles. The quantitative estimate of drug-likeness (QED) is 0.834. The number of oxazole rings is 1. The Bertz CT molecular complexity index is 815. The Hall–Kier alpha value is -2.08. The molecule has 0 radical (unpaired) electrons. The summed E-state index contributed by atoms with van der Waals surface area (Å²) in [4.78, 5) is 24.3. The maximum absolute atomic E-state index is 12.8. The van der Waals surface area contributed by atoms with Crippen LogP contribution < -0.4 is 4.90 Å².